The zero-order chi connectivity index (χ0) is 12.3. The lowest BCUT2D eigenvalue weighted by atomic mass is 10.4. The number of aromatic nitrogens is 3. The summed E-state index contributed by atoms with van der Waals surface area (Å²) in [6.45, 7) is 0. The Balaban J connectivity index is 2.20. The maximum Gasteiger partial charge on any atom is 0.356 e. The largest absolute Gasteiger partial charge is 0.476 e. The lowest BCUT2D eigenvalue weighted by Gasteiger charge is -2.01. The van der Waals surface area contributed by atoms with Crippen molar-refractivity contribution in [1.82, 2.24) is 15.2 Å². The molecule has 0 aliphatic carbocycles. The van der Waals surface area contributed by atoms with Gasteiger partial charge in [0, 0.05) is 6.20 Å². The molecule has 5 nitrogen and oxygen atoms in total. The van der Waals surface area contributed by atoms with Crippen LogP contribution in [0.1, 0.15) is 10.5 Å². The Kier molecular flexibility index (Phi) is 3.55. The molecule has 2 aromatic heterocycles. The first-order chi connectivity index (χ1) is 8.16. The highest BCUT2D eigenvalue weighted by molar-refractivity contribution is 7.99. The van der Waals surface area contributed by atoms with Gasteiger partial charge in [-0.25, -0.2) is 9.78 Å². The molecule has 86 valence electrons. The Hall–Kier alpha value is -1.66. The van der Waals surface area contributed by atoms with Gasteiger partial charge in [0.15, 0.2) is 5.69 Å². The molecule has 7 heteroatoms. The zero-order valence-electron chi connectivity index (χ0n) is 8.37. The Bertz CT molecular complexity index is 548. The van der Waals surface area contributed by atoms with E-state index >= 15 is 0 Å². The topological polar surface area (TPSA) is 76.0 Å². The average molecular weight is 268 g/mol. The average Bonchev–Trinajstić information content (AvgIpc) is 2.33. The molecule has 0 aromatic carbocycles. The Morgan fingerprint density at radius 3 is 2.71 bits per heavy atom. The van der Waals surface area contributed by atoms with Crippen molar-refractivity contribution in [2.75, 3.05) is 0 Å². The second kappa shape index (κ2) is 5.11. The van der Waals surface area contributed by atoms with Crippen molar-refractivity contribution in [2.24, 2.45) is 0 Å². The first-order valence-electron chi connectivity index (χ1n) is 4.52. The zero-order valence-corrected chi connectivity index (χ0v) is 9.94. The fraction of sp³-hybridized carbons (Fsp3) is 0. The lowest BCUT2D eigenvalue weighted by Crippen LogP contribution is -2.01. The molecule has 17 heavy (non-hydrogen) atoms. The third kappa shape index (κ3) is 2.92. The number of carboxylic acids is 1. The van der Waals surface area contributed by atoms with E-state index in [1.165, 1.54) is 17.8 Å². The summed E-state index contributed by atoms with van der Waals surface area (Å²) in [7, 11) is 0. The van der Waals surface area contributed by atoms with Crippen LogP contribution in [-0.4, -0.2) is 26.3 Å². The van der Waals surface area contributed by atoms with Gasteiger partial charge in [0.05, 0.1) is 5.02 Å². The molecular weight excluding hydrogens is 262 g/mol. The van der Waals surface area contributed by atoms with Gasteiger partial charge in [0.2, 0.25) is 0 Å². The van der Waals surface area contributed by atoms with Gasteiger partial charge in [-0.3, -0.25) is 0 Å². The van der Waals surface area contributed by atoms with Crippen LogP contribution in [0.25, 0.3) is 0 Å². The lowest BCUT2D eigenvalue weighted by molar-refractivity contribution is 0.0689. The second-order valence-corrected chi connectivity index (χ2v) is 4.37. The maximum atomic E-state index is 10.6. The molecule has 0 unspecified atom stereocenters. The van der Waals surface area contributed by atoms with Crippen molar-refractivity contribution in [2.45, 2.75) is 10.1 Å². The van der Waals surface area contributed by atoms with Crippen molar-refractivity contribution in [3.05, 3.63) is 41.2 Å². The van der Waals surface area contributed by atoms with Crippen LogP contribution in [0.5, 0.6) is 0 Å². The highest BCUT2D eigenvalue weighted by atomic mass is 35.5. The van der Waals surface area contributed by atoms with Gasteiger partial charge in [0.1, 0.15) is 10.1 Å². The van der Waals surface area contributed by atoms with E-state index in [1.807, 2.05) is 0 Å². The molecule has 0 fully saturated rings. The number of rotatable bonds is 3. The van der Waals surface area contributed by atoms with Crippen LogP contribution in [0, 0.1) is 0 Å². The van der Waals surface area contributed by atoms with Gasteiger partial charge in [0.25, 0.3) is 0 Å². The van der Waals surface area contributed by atoms with E-state index in [0.29, 0.717) is 15.1 Å². The molecule has 1 N–H and O–H groups in total. The first-order valence-corrected chi connectivity index (χ1v) is 5.71. The van der Waals surface area contributed by atoms with Crippen LogP contribution in [-0.2, 0) is 0 Å². The maximum absolute atomic E-state index is 10.6. The van der Waals surface area contributed by atoms with Crippen molar-refractivity contribution in [3.63, 3.8) is 0 Å². The number of pyridine rings is 1. The molecule has 0 aliphatic heterocycles. The smallest absolute Gasteiger partial charge is 0.356 e. The van der Waals surface area contributed by atoms with Gasteiger partial charge in [-0.1, -0.05) is 11.6 Å². The van der Waals surface area contributed by atoms with E-state index in [-0.39, 0.29) is 5.69 Å². The SMILES string of the molecule is O=C(O)c1ccc(Sc2ncccc2Cl)nn1. The van der Waals surface area contributed by atoms with Gasteiger partial charge in [-0.15, -0.1) is 10.2 Å². The predicted molar refractivity (Wildman–Crippen MR) is 62.4 cm³/mol. The highest BCUT2D eigenvalue weighted by Gasteiger charge is 2.08. The summed E-state index contributed by atoms with van der Waals surface area (Å²) in [6, 6.07) is 6.39. The summed E-state index contributed by atoms with van der Waals surface area (Å²) in [5, 5.41) is 17.7. The van der Waals surface area contributed by atoms with Gasteiger partial charge in [-0.05, 0) is 36.0 Å². The van der Waals surface area contributed by atoms with Gasteiger partial charge < -0.3 is 5.11 Å². The number of nitrogens with zero attached hydrogens (tertiary/aromatic N) is 3. The molecule has 0 aliphatic rings. The van der Waals surface area contributed by atoms with Crippen LogP contribution in [0.15, 0.2) is 40.5 Å². The molecule has 2 rings (SSSR count). The van der Waals surface area contributed by atoms with Crippen molar-refractivity contribution >= 4 is 29.3 Å². The van der Waals surface area contributed by atoms with E-state index in [2.05, 4.69) is 15.2 Å². The van der Waals surface area contributed by atoms with Crippen LogP contribution in [0.3, 0.4) is 0 Å². The Morgan fingerprint density at radius 2 is 2.12 bits per heavy atom. The number of carbonyl (C=O) groups is 1. The second-order valence-electron chi connectivity index (χ2n) is 2.95. The van der Waals surface area contributed by atoms with E-state index in [4.69, 9.17) is 16.7 Å². The molecule has 2 aromatic rings. The molecular formula is C10H6ClN3O2S. The van der Waals surface area contributed by atoms with Crippen LogP contribution in [0.2, 0.25) is 5.02 Å². The fourth-order valence-corrected chi connectivity index (χ4v) is 1.97. The Morgan fingerprint density at radius 1 is 1.29 bits per heavy atom. The molecule has 0 saturated heterocycles. The van der Waals surface area contributed by atoms with E-state index in [1.54, 1.807) is 24.4 Å². The number of halogens is 1. The molecule has 0 spiro atoms. The van der Waals surface area contributed by atoms with Crippen LogP contribution in [0.4, 0.5) is 0 Å². The molecule has 0 saturated carbocycles. The third-order valence-corrected chi connectivity index (χ3v) is 3.15. The van der Waals surface area contributed by atoms with Crippen molar-refractivity contribution in [3.8, 4) is 0 Å². The van der Waals surface area contributed by atoms with E-state index in [9.17, 15) is 4.79 Å². The minimum Gasteiger partial charge on any atom is -0.476 e. The number of carboxylic acid groups (broad SMARTS) is 1. The van der Waals surface area contributed by atoms with Crippen LogP contribution >= 0.6 is 23.4 Å². The standard InChI is InChI=1S/C10H6ClN3O2S/c11-6-2-1-5-12-9(6)17-8-4-3-7(10(15)16)13-14-8/h1-5H,(H,15,16). The number of aromatic carboxylic acids is 1. The van der Waals surface area contributed by atoms with Crippen molar-refractivity contribution < 1.29 is 9.90 Å². The normalized spacial score (nSPS) is 10.2. The first kappa shape index (κ1) is 11.8. The van der Waals surface area contributed by atoms with Crippen molar-refractivity contribution in [1.29, 1.82) is 0 Å². The van der Waals surface area contributed by atoms with E-state index in [0.717, 1.165) is 0 Å². The summed E-state index contributed by atoms with van der Waals surface area (Å²) in [5.41, 5.74) is -0.0959. The predicted octanol–water partition coefficient (Wildman–Crippen LogP) is 2.37. The summed E-state index contributed by atoms with van der Waals surface area (Å²) in [4.78, 5) is 14.7. The number of hydrogen-bond donors (Lipinski definition) is 1. The summed E-state index contributed by atoms with van der Waals surface area (Å²) >= 11 is 7.16. The molecule has 0 atom stereocenters. The molecule has 0 bridgehead atoms. The third-order valence-electron chi connectivity index (χ3n) is 1.79. The van der Waals surface area contributed by atoms with Gasteiger partial charge >= 0.3 is 5.97 Å². The monoisotopic (exact) mass is 267 g/mol. The van der Waals surface area contributed by atoms with E-state index < -0.39 is 5.97 Å². The number of hydrogen-bond acceptors (Lipinski definition) is 5. The molecule has 2 heterocycles. The minimum absolute atomic E-state index is 0.0959. The minimum atomic E-state index is -1.11. The molecule has 0 amide bonds. The summed E-state index contributed by atoms with van der Waals surface area (Å²) < 4.78 is 0. The fourth-order valence-electron chi connectivity index (χ4n) is 1.03. The van der Waals surface area contributed by atoms with Gasteiger partial charge in [-0.2, -0.15) is 0 Å². The quantitative estimate of drug-likeness (QED) is 0.920. The molecule has 0 radical (unpaired) electrons. The van der Waals surface area contributed by atoms with Crippen LogP contribution < -0.4 is 0 Å². The Labute approximate surface area is 106 Å². The summed E-state index contributed by atoms with van der Waals surface area (Å²) in [5.74, 6) is -1.11. The highest BCUT2D eigenvalue weighted by Crippen LogP contribution is 2.29. The summed E-state index contributed by atoms with van der Waals surface area (Å²) in [6.07, 6.45) is 1.62.